The minimum atomic E-state index is -0.370. The van der Waals surface area contributed by atoms with Crippen molar-refractivity contribution in [1.29, 1.82) is 0 Å². The Bertz CT molecular complexity index is 1160. The van der Waals surface area contributed by atoms with Gasteiger partial charge in [-0.2, -0.15) is 5.10 Å². The lowest BCUT2D eigenvalue weighted by Crippen LogP contribution is -2.31. The van der Waals surface area contributed by atoms with Crippen molar-refractivity contribution in [3.05, 3.63) is 76.6 Å². The van der Waals surface area contributed by atoms with Crippen LogP contribution >= 0.6 is 0 Å². The second-order valence-electron chi connectivity index (χ2n) is 7.07. The summed E-state index contributed by atoms with van der Waals surface area (Å²) in [6.45, 7) is 2.74. The van der Waals surface area contributed by atoms with Crippen LogP contribution in [0.1, 0.15) is 18.5 Å². The first-order chi connectivity index (χ1) is 15.0. The van der Waals surface area contributed by atoms with Crippen LogP contribution in [0.15, 0.2) is 65.5 Å². The lowest BCUT2D eigenvalue weighted by atomic mass is 10.1. The number of anilines is 2. The number of nitrogens with one attached hydrogen (secondary N) is 3. The number of amides is 3. The van der Waals surface area contributed by atoms with Gasteiger partial charge in [-0.15, -0.1) is 0 Å². The molecule has 1 aliphatic heterocycles. The second kappa shape index (κ2) is 8.70. The lowest BCUT2D eigenvalue weighted by molar-refractivity contribution is 0.181. The van der Waals surface area contributed by atoms with Crippen LogP contribution in [-0.4, -0.2) is 35.5 Å². The second-order valence-corrected chi connectivity index (χ2v) is 7.07. The van der Waals surface area contributed by atoms with E-state index in [0.717, 1.165) is 16.8 Å². The summed E-state index contributed by atoms with van der Waals surface area (Å²) in [5.74, 6) is 0. The first kappa shape index (κ1) is 20.1. The molecule has 1 unspecified atom stereocenters. The summed E-state index contributed by atoms with van der Waals surface area (Å²) >= 11 is 0. The highest BCUT2D eigenvalue weighted by molar-refractivity contribution is 5.91. The number of rotatable bonds is 5. The van der Waals surface area contributed by atoms with E-state index < -0.39 is 0 Å². The van der Waals surface area contributed by atoms with Crippen LogP contribution in [0.25, 0.3) is 11.3 Å². The Morgan fingerprint density at radius 3 is 2.71 bits per heavy atom. The molecular weight excluding hydrogens is 398 g/mol. The molecule has 158 valence electrons. The molecule has 0 spiro atoms. The van der Waals surface area contributed by atoms with Gasteiger partial charge in [-0.1, -0.05) is 24.3 Å². The topological polar surface area (TPSA) is 116 Å². The number of H-pyrrole nitrogens is 1. The number of hydrogen-bond acceptors (Lipinski definition) is 5. The van der Waals surface area contributed by atoms with E-state index in [-0.39, 0.29) is 23.7 Å². The molecule has 1 saturated heterocycles. The number of aromatic nitrogens is 2. The van der Waals surface area contributed by atoms with Crippen molar-refractivity contribution < 1.29 is 14.3 Å². The Balaban J connectivity index is 1.42. The third-order valence-electron chi connectivity index (χ3n) is 4.89. The molecule has 2 aromatic carbocycles. The minimum Gasteiger partial charge on any atom is -0.447 e. The molecule has 1 atom stereocenters. The monoisotopic (exact) mass is 419 g/mol. The molecule has 4 rings (SSSR count). The predicted molar refractivity (Wildman–Crippen MR) is 116 cm³/mol. The van der Waals surface area contributed by atoms with Crippen LogP contribution in [0.5, 0.6) is 0 Å². The Morgan fingerprint density at radius 2 is 1.97 bits per heavy atom. The van der Waals surface area contributed by atoms with Crippen molar-refractivity contribution in [2.24, 2.45) is 0 Å². The standard InChI is InChI=1S/C22H21N5O4/c1-14(15-4-3-7-18(13-15)27-10-11-31-22(27)30)23-21(29)24-17-6-2-5-16(12-17)19-8-9-20(28)26-25-19/h2-9,12-14H,10-11H2,1H3,(H,26,28)(H2,23,24,29). The van der Waals surface area contributed by atoms with Crippen LogP contribution < -0.4 is 21.1 Å². The van der Waals surface area contributed by atoms with Gasteiger partial charge in [0, 0.05) is 23.0 Å². The normalized spacial score (nSPS) is 14.1. The van der Waals surface area contributed by atoms with Gasteiger partial charge in [-0.25, -0.2) is 14.7 Å². The lowest BCUT2D eigenvalue weighted by Gasteiger charge is -2.18. The zero-order chi connectivity index (χ0) is 21.8. The molecule has 0 bridgehead atoms. The van der Waals surface area contributed by atoms with Crippen molar-refractivity contribution in [3.8, 4) is 11.3 Å². The SMILES string of the molecule is CC(NC(=O)Nc1cccc(-c2ccc(=O)[nH]n2)c1)c1cccc(N2CCOC2=O)c1. The van der Waals surface area contributed by atoms with E-state index in [4.69, 9.17) is 4.74 Å². The quantitative estimate of drug-likeness (QED) is 0.587. The Hall–Kier alpha value is -4.14. The number of carbonyl (C=O) groups is 2. The van der Waals surface area contributed by atoms with Gasteiger partial charge in [0.05, 0.1) is 18.3 Å². The van der Waals surface area contributed by atoms with E-state index in [1.165, 1.54) is 6.07 Å². The summed E-state index contributed by atoms with van der Waals surface area (Å²) < 4.78 is 4.98. The van der Waals surface area contributed by atoms with Gasteiger partial charge in [0.15, 0.2) is 0 Å². The number of aromatic amines is 1. The van der Waals surface area contributed by atoms with Gasteiger partial charge in [0.1, 0.15) is 6.61 Å². The number of nitrogens with zero attached hydrogens (tertiary/aromatic N) is 2. The van der Waals surface area contributed by atoms with Gasteiger partial charge in [-0.05, 0) is 42.8 Å². The molecule has 3 amide bonds. The van der Waals surface area contributed by atoms with Crippen molar-refractivity contribution in [2.45, 2.75) is 13.0 Å². The molecule has 0 saturated carbocycles. The zero-order valence-electron chi connectivity index (χ0n) is 16.8. The van der Waals surface area contributed by atoms with E-state index >= 15 is 0 Å². The van der Waals surface area contributed by atoms with Crippen molar-refractivity contribution in [1.82, 2.24) is 15.5 Å². The number of carbonyl (C=O) groups excluding carboxylic acids is 2. The van der Waals surface area contributed by atoms with Crippen molar-refractivity contribution in [2.75, 3.05) is 23.4 Å². The van der Waals surface area contributed by atoms with Gasteiger partial charge in [0.25, 0.3) is 5.56 Å². The maximum atomic E-state index is 12.5. The zero-order valence-corrected chi connectivity index (χ0v) is 16.8. The Labute approximate surface area is 178 Å². The fourth-order valence-electron chi connectivity index (χ4n) is 3.30. The van der Waals surface area contributed by atoms with E-state index in [1.807, 2.05) is 37.3 Å². The van der Waals surface area contributed by atoms with Gasteiger partial charge >= 0.3 is 12.1 Å². The van der Waals surface area contributed by atoms with E-state index in [0.29, 0.717) is 24.5 Å². The highest BCUT2D eigenvalue weighted by atomic mass is 16.6. The molecule has 9 nitrogen and oxygen atoms in total. The number of cyclic esters (lactones) is 1. The summed E-state index contributed by atoms with van der Waals surface area (Å²) in [4.78, 5) is 37.0. The molecule has 1 aliphatic rings. The van der Waals surface area contributed by atoms with Crippen LogP contribution in [-0.2, 0) is 4.74 Å². The maximum Gasteiger partial charge on any atom is 0.414 e. The van der Waals surface area contributed by atoms with Crippen molar-refractivity contribution >= 4 is 23.5 Å². The number of benzene rings is 2. The molecule has 3 aromatic rings. The predicted octanol–water partition coefficient (Wildman–Crippen LogP) is 3.28. The number of urea groups is 1. The Kier molecular flexibility index (Phi) is 5.65. The van der Waals surface area contributed by atoms with E-state index in [2.05, 4.69) is 20.8 Å². The molecule has 0 radical (unpaired) electrons. The Morgan fingerprint density at radius 1 is 1.13 bits per heavy atom. The summed E-state index contributed by atoms with van der Waals surface area (Å²) in [5.41, 5.74) is 3.25. The average Bonchev–Trinajstić information content (AvgIpc) is 3.20. The molecule has 0 aliphatic carbocycles. The molecule has 1 fully saturated rings. The summed E-state index contributed by atoms with van der Waals surface area (Å²) in [7, 11) is 0. The highest BCUT2D eigenvalue weighted by Gasteiger charge is 2.24. The number of hydrogen-bond donors (Lipinski definition) is 3. The van der Waals surface area contributed by atoms with E-state index in [1.54, 1.807) is 29.2 Å². The molecule has 3 N–H and O–H groups in total. The van der Waals surface area contributed by atoms with Crippen LogP contribution in [0.2, 0.25) is 0 Å². The van der Waals surface area contributed by atoms with Crippen LogP contribution in [0.4, 0.5) is 21.0 Å². The largest absolute Gasteiger partial charge is 0.447 e. The van der Waals surface area contributed by atoms with E-state index in [9.17, 15) is 14.4 Å². The summed E-state index contributed by atoms with van der Waals surface area (Å²) in [6, 6.07) is 16.9. The molecule has 1 aromatic heterocycles. The molecule has 31 heavy (non-hydrogen) atoms. The molecular formula is C22H21N5O4. The van der Waals surface area contributed by atoms with Gasteiger partial charge < -0.3 is 15.4 Å². The first-order valence-corrected chi connectivity index (χ1v) is 9.77. The van der Waals surface area contributed by atoms with Crippen LogP contribution in [0, 0.1) is 0 Å². The fourth-order valence-corrected chi connectivity index (χ4v) is 3.30. The first-order valence-electron chi connectivity index (χ1n) is 9.77. The van der Waals surface area contributed by atoms with Gasteiger partial charge in [-0.3, -0.25) is 9.69 Å². The average molecular weight is 419 g/mol. The number of ether oxygens (including phenoxy) is 1. The fraction of sp³-hybridized carbons (Fsp3) is 0.182. The molecule has 2 heterocycles. The van der Waals surface area contributed by atoms with Crippen molar-refractivity contribution in [3.63, 3.8) is 0 Å². The summed E-state index contributed by atoms with van der Waals surface area (Å²) in [6.07, 6.45) is -0.368. The van der Waals surface area contributed by atoms with Crippen LogP contribution in [0.3, 0.4) is 0 Å². The maximum absolute atomic E-state index is 12.5. The smallest absolute Gasteiger partial charge is 0.414 e. The summed E-state index contributed by atoms with van der Waals surface area (Å²) in [5, 5.41) is 12.1. The molecule has 9 heteroatoms. The highest BCUT2D eigenvalue weighted by Crippen LogP contribution is 2.24. The minimum absolute atomic E-state index is 0.280. The third-order valence-corrected chi connectivity index (χ3v) is 4.89. The third kappa shape index (κ3) is 4.72. The van der Waals surface area contributed by atoms with Gasteiger partial charge in [0.2, 0.25) is 0 Å².